The zero-order valence-electron chi connectivity index (χ0n) is 11.1. The highest BCUT2D eigenvalue weighted by atomic mass is 35.5. The SMILES string of the molecule is CNC(C)(C)c1c(C)n(C)c2cc(Cl)ccc12. The second-order valence-electron chi connectivity index (χ2n) is 5.06. The first kappa shape index (κ1) is 12.5. The van der Waals surface area contributed by atoms with Gasteiger partial charge in [0.05, 0.1) is 0 Å². The Balaban J connectivity index is 2.85. The monoisotopic (exact) mass is 250 g/mol. The number of fused-ring (bicyclic) bond motifs is 1. The summed E-state index contributed by atoms with van der Waals surface area (Å²) in [4.78, 5) is 0. The van der Waals surface area contributed by atoms with E-state index in [1.807, 2.05) is 19.2 Å². The summed E-state index contributed by atoms with van der Waals surface area (Å²) >= 11 is 6.07. The molecule has 0 saturated carbocycles. The van der Waals surface area contributed by atoms with Gasteiger partial charge >= 0.3 is 0 Å². The molecule has 0 bridgehead atoms. The van der Waals surface area contributed by atoms with Gasteiger partial charge in [-0.3, -0.25) is 0 Å². The largest absolute Gasteiger partial charge is 0.348 e. The van der Waals surface area contributed by atoms with Crippen molar-refractivity contribution in [3.8, 4) is 0 Å². The summed E-state index contributed by atoms with van der Waals surface area (Å²) in [5.74, 6) is 0. The Kier molecular flexibility index (Phi) is 2.96. The summed E-state index contributed by atoms with van der Waals surface area (Å²) in [6.45, 7) is 6.55. The molecular formula is C14H19ClN2. The number of halogens is 1. The second kappa shape index (κ2) is 4.04. The number of rotatable bonds is 2. The van der Waals surface area contributed by atoms with Crippen molar-refractivity contribution in [2.45, 2.75) is 26.3 Å². The minimum absolute atomic E-state index is 0.0442. The second-order valence-corrected chi connectivity index (χ2v) is 5.49. The molecule has 0 aliphatic rings. The quantitative estimate of drug-likeness (QED) is 0.862. The van der Waals surface area contributed by atoms with Crippen LogP contribution < -0.4 is 5.32 Å². The molecule has 1 N–H and O–H groups in total. The van der Waals surface area contributed by atoms with Crippen molar-refractivity contribution in [2.24, 2.45) is 7.05 Å². The van der Waals surface area contributed by atoms with Gasteiger partial charge in [0.2, 0.25) is 0 Å². The fraction of sp³-hybridized carbons (Fsp3) is 0.429. The number of benzene rings is 1. The van der Waals surface area contributed by atoms with Gasteiger partial charge in [-0.15, -0.1) is 0 Å². The molecule has 92 valence electrons. The summed E-state index contributed by atoms with van der Waals surface area (Å²) in [5.41, 5.74) is 3.77. The maximum Gasteiger partial charge on any atom is 0.0498 e. The molecule has 17 heavy (non-hydrogen) atoms. The lowest BCUT2D eigenvalue weighted by molar-refractivity contribution is 0.444. The van der Waals surface area contributed by atoms with Gasteiger partial charge in [0, 0.05) is 39.8 Å². The third-order valence-electron chi connectivity index (χ3n) is 3.71. The smallest absolute Gasteiger partial charge is 0.0498 e. The minimum atomic E-state index is -0.0442. The van der Waals surface area contributed by atoms with Crippen molar-refractivity contribution in [3.05, 3.63) is 34.5 Å². The Labute approximate surface area is 108 Å². The third-order valence-corrected chi connectivity index (χ3v) is 3.94. The number of nitrogens with zero attached hydrogens (tertiary/aromatic N) is 1. The Bertz CT molecular complexity index is 567. The molecular weight excluding hydrogens is 232 g/mol. The first-order valence-corrected chi connectivity index (χ1v) is 6.20. The summed E-state index contributed by atoms with van der Waals surface area (Å²) in [5, 5.41) is 5.43. The first-order chi connectivity index (χ1) is 7.88. The van der Waals surface area contributed by atoms with Gasteiger partial charge in [0.25, 0.3) is 0 Å². The maximum absolute atomic E-state index is 6.07. The fourth-order valence-corrected chi connectivity index (χ4v) is 2.62. The Morgan fingerprint density at radius 1 is 1.29 bits per heavy atom. The van der Waals surface area contributed by atoms with Crippen LogP contribution in [0.25, 0.3) is 10.9 Å². The van der Waals surface area contributed by atoms with Crippen LogP contribution in [0.5, 0.6) is 0 Å². The van der Waals surface area contributed by atoms with Crippen LogP contribution in [-0.2, 0) is 12.6 Å². The molecule has 0 unspecified atom stereocenters. The lowest BCUT2D eigenvalue weighted by Gasteiger charge is -2.25. The summed E-state index contributed by atoms with van der Waals surface area (Å²) in [7, 11) is 4.08. The maximum atomic E-state index is 6.07. The number of aromatic nitrogens is 1. The molecule has 0 fully saturated rings. The Hall–Kier alpha value is -0.990. The standard InChI is InChI=1S/C14H19ClN2/c1-9-13(14(2,3)16-4)11-7-6-10(15)8-12(11)17(9)5/h6-8,16H,1-5H3. The molecule has 0 radical (unpaired) electrons. The van der Waals surface area contributed by atoms with Gasteiger partial charge in [-0.1, -0.05) is 17.7 Å². The molecule has 0 atom stereocenters. The van der Waals surface area contributed by atoms with E-state index in [9.17, 15) is 0 Å². The van der Waals surface area contributed by atoms with Gasteiger partial charge in [0.1, 0.15) is 0 Å². The molecule has 1 aromatic heterocycles. The van der Waals surface area contributed by atoms with E-state index in [2.05, 4.69) is 43.8 Å². The van der Waals surface area contributed by atoms with E-state index in [4.69, 9.17) is 11.6 Å². The van der Waals surface area contributed by atoms with Gasteiger partial charge in [-0.25, -0.2) is 0 Å². The van der Waals surface area contributed by atoms with Crippen molar-refractivity contribution in [2.75, 3.05) is 7.05 Å². The van der Waals surface area contributed by atoms with Crippen molar-refractivity contribution in [1.82, 2.24) is 9.88 Å². The van der Waals surface area contributed by atoms with E-state index >= 15 is 0 Å². The fourth-order valence-electron chi connectivity index (χ4n) is 2.45. The molecule has 3 heteroatoms. The summed E-state index contributed by atoms with van der Waals surface area (Å²) in [6, 6.07) is 6.09. The molecule has 0 aliphatic carbocycles. The van der Waals surface area contributed by atoms with Gasteiger partial charge in [-0.05, 0) is 40.0 Å². The predicted molar refractivity (Wildman–Crippen MR) is 74.8 cm³/mol. The zero-order chi connectivity index (χ0) is 12.8. The summed E-state index contributed by atoms with van der Waals surface area (Å²) in [6.07, 6.45) is 0. The van der Waals surface area contributed by atoms with Gasteiger partial charge in [-0.2, -0.15) is 0 Å². The predicted octanol–water partition coefficient (Wildman–Crippen LogP) is 3.59. The van der Waals surface area contributed by atoms with Crippen LogP contribution in [-0.4, -0.2) is 11.6 Å². The Morgan fingerprint density at radius 2 is 1.94 bits per heavy atom. The molecule has 0 aliphatic heterocycles. The molecule has 0 spiro atoms. The van der Waals surface area contributed by atoms with Gasteiger partial charge < -0.3 is 9.88 Å². The average Bonchev–Trinajstić information content (AvgIpc) is 2.53. The third kappa shape index (κ3) is 1.85. The minimum Gasteiger partial charge on any atom is -0.348 e. The molecule has 2 rings (SSSR count). The van der Waals surface area contributed by atoms with Crippen LogP contribution in [0.4, 0.5) is 0 Å². The topological polar surface area (TPSA) is 17.0 Å². The van der Waals surface area contributed by atoms with Gasteiger partial charge in [0.15, 0.2) is 0 Å². The number of nitrogens with one attached hydrogen (secondary N) is 1. The molecule has 1 heterocycles. The lowest BCUT2D eigenvalue weighted by atomic mass is 9.92. The molecule has 0 saturated heterocycles. The van der Waals surface area contributed by atoms with Crippen LogP contribution >= 0.6 is 11.6 Å². The number of hydrogen-bond acceptors (Lipinski definition) is 1. The van der Waals surface area contributed by atoms with Crippen LogP contribution in [0.15, 0.2) is 18.2 Å². The number of aryl methyl sites for hydroxylation is 1. The van der Waals surface area contributed by atoms with Crippen LogP contribution in [0.1, 0.15) is 25.1 Å². The molecule has 2 nitrogen and oxygen atoms in total. The van der Waals surface area contributed by atoms with Crippen molar-refractivity contribution in [3.63, 3.8) is 0 Å². The highest BCUT2D eigenvalue weighted by molar-refractivity contribution is 6.31. The zero-order valence-corrected chi connectivity index (χ0v) is 11.8. The molecule has 1 aromatic carbocycles. The van der Waals surface area contributed by atoms with E-state index < -0.39 is 0 Å². The van der Waals surface area contributed by atoms with Crippen LogP contribution in [0.3, 0.4) is 0 Å². The highest BCUT2D eigenvalue weighted by Gasteiger charge is 2.25. The van der Waals surface area contributed by atoms with E-state index in [0.29, 0.717) is 0 Å². The average molecular weight is 251 g/mol. The van der Waals surface area contributed by atoms with Crippen molar-refractivity contribution < 1.29 is 0 Å². The van der Waals surface area contributed by atoms with E-state index in [1.54, 1.807) is 0 Å². The van der Waals surface area contributed by atoms with Crippen LogP contribution in [0, 0.1) is 6.92 Å². The Morgan fingerprint density at radius 3 is 2.53 bits per heavy atom. The van der Waals surface area contributed by atoms with Crippen LogP contribution in [0.2, 0.25) is 5.02 Å². The first-order valence-electron chi connectivity index (χ1n) is 5.82. The van der Waals surface area contributed by atoms with Crippen molar-refractivity contribution in [1.29, 1.82) is 0 Å². The van der Waals surface area contributed by atoms with E-state index in [1.165, 1.54) is 22.2 Å². The summed E-state index contributed by atoms with van der Waals surface area (Å²) < 4.78 is 2.20. The highest BCUT2D eigenvalue weighted by Crippen LogP contribution is 2.34. The van der Waals surface area contributed by atoms with E-state index in [0.717, 1.165) is 5.02 Å². The lowest BCUT2D eigenvalue weighted by Crippen LogP contribution is -2.33. The number of hydrogen-bond donors (Lipinski definition) is 1. The molecule has 0 amide bonds. The molecule has 2 aromatic rings. The van der Waals surface area contributed by atoms with Crippen molar-refractivity contribution >= 4 is 22.5 Å². The van der Waals surface area contributed by atoms with E-state index in [-0.39, 0.29) is 5.54 Å². The normalized spacial score (nSPS) is 12.4.